The zero-order chi connectivity index (χ0) is 16.9. The lowest BCUT2D eigenvalue weighted by atomic mass is 9.98. The van der Waals surface area contributed by atoms with Crippen LogP contribution in [-0.2, 0) is 0 Å². The van der Waals surface area contributed by atoms with E-state index < -0.39 is 0 Å². The van der Waals surface area contributed by atoms with Gasteiger partial charge in [-0.2, -0.15) is 0 Å². The number of hydrogen-bond donors (Lipinski definition) is 2. The Labute approximate surface area is 142 Å². The molecule has 0 atom stereocenters. The van der Waals surface area contributed by atoms with E-state index in [4.69, 9.17) is 0 Å². The number of nitrogens with zero attached hydrogens (tertiary/aromatic N) is 2. The number of hydrogen-bond acceptors (Lipinski definition) is 4. The van der Waals surface area contributed by atoms with Gasteiger partial charge in [0.2, 0.25) is 5.95 Å². The number of phenols is 1. The molecule has 0 saturated heterocycles. The highest BCUT2D eigenvalue weighted by Crippen LogP contribution is 2.34. The van der Waals surface area contributed by atoms with Crippen LogP contribution >= 0.6 is 0 Å². The predicted octanol–water partition coefficient (Wildman–Crippen LogP) is 4.91. The molecule has 4 heteroatoms. The molecule has 0 unspecified atom stereocenters. The Balaban J connectivity index is 1.91. The van der Waals surface area contributed by atoms with Crippen LogP contribution in [-0.4, -0.2) is 21.6 Å². The third-order valence-electron chi connectivity index (χ3n) is 4.20. The molecular weight excluding hydrogens is 298 g/mol. The molecule has 2 N–H and O–H groups in total. The smallest absolute Gasteiger partial charge is 0.223 e. The van der Waals surface area contributed by atoms with Crippen LogP contribution in [0.5, 0.6) is 5.75 Å². The number of fused-ring (bicyclic) bond motifs is 1. The summed E-state index contributed by atoms with van der Waals surface area (Å²) < 4.78 is 0. The van der Waals surface area contributed by atoms with Crippen LogP contribution < -0.4 is 5.32 Å². The standard InChI is InChI=1S/C20H23N3O/c1-3-4-7-10-21-20-22-13-15-11-17(19(24)12-18(15)23-20)16-9-6-5-8-14(16)2/h5-6,8-9,11-13,24H,3-4,7,10H2,1-2H3,(H,21,22,23). The van der Waals surface area contributed by atoms with Crippen molar-refractivity contribution in [2.45, 2.75) is 33.1 Å². The Kier molecular flexibility index (Phi) is 4.94. The van der Waals surface area contributed by atoms with E-state index in [1.807, 2.05) is 43.5 Å². The molecule has 24 heavy (non-hydrogen) atoms. The second-order valence-electron chi connectivity index (χ2n) is 6.07. The van der Waals surface area contributed by atoms with Gasteiger partial charge in [0.15, 0.2) is 0 Å². The Morgan fingerprint density at radius 1 is 1.08 bits per heavy atom. The fourth-order valence-electron chi connectivity index (χ4n) is 2.82. The number of benzene rings is 2. The average molecular weight is 321 g/mol. The van der Waals surface area contributed by atoms with Crippen LogP contribution in [0, 0.1) is 6.92 Å². The number of nitrogens with one attached hydrogen (secondary N) is 1. The van der Waals surface area contributed by atoms with Gasteiger partial charge in [0.1, 0.15) is 5.75 Å². The summed E-state index contributed by atoms with van der Waals surface area (Å²) in [6, 6.07) is 11.7. The molecule has 0 fully saturated rings. The van der Waals surface area contributed by atoms with E-state index >= 15 is 0 Å². The monoisotopic (exact) mass is 321 g/mol. The summed E-state index contributed by atoms with van der Waals surface area (Å²) >= 11 is 0. The molecule has 0 saturated carbocycles. The first kappa shape index (κ1) is 16.2. The molecule has 4 nitrogen and oxygen atoms in total. The summed E-state index contributed by atoms with van der Waals surface area (Å²) in [5, 5.41) is 14.6. The van der Waals surface area contributed by atoms with Crippen molar-refractivity contribution < 1.29 is 5.11 Å². The van der Waals surface area contributed by atoms with E-state index in [1.54, 1.807) is 6.07 Å². The van der Waals surface area contributed by atoms with Gasteiger partial charge >= 0.3 is 0 Å². The summed E-state index contributed by atoms with van der Waals surface area (Å²) in [5.41, 5.74) is 3.71. The van der Waals surface area contributed by atoms with Crippen molar-refractivity contribution in [3.8, 4) is 16.9 Å². The van der Waals surface area contributed by atoms with Crippen LogP contribution in [0.4, 0.5) is 5.95 Å². The number of anilines is 1. The SMILES string of the molecule is CCCCCNc1ncc2cc(-c3ccccc3C)c(O)cc2n1. The number of rotatable bonds is 6. The van der Waals surface area contributed by atoms with Gasteiger partial charge in [-0.15, -0.1) is 0 Å². The average Bonchev–Trinajstić information content (AvgIpc) is 2.59. The second-order valence-corrected chi connectivity index (χ2v) is 6.07. The Bertz CT molecular complexity index is 845. The summed E-state index contributed by atoms with van der Waals surface area (Å²) in [5.74, 6) is 0.856. The highest BCUT2D eigenvalue weighted by molar-refractivity contribution is 5.88. The lowest BCUT2D eigenvalue weighted by Crippen LogP contribution is -2.05. The highest BCUT2D eigenvalue weighted by atomic mass is 16.3. The lowest BCUT2D eigenvalue weighted by Gasteiger charge is -2.10. The van der Waals surface area contributed by atoms with Crippen LogP contribution in [0.15, 0.2) is 42.6 Å². The molecule has 0 radical (unpaired) electrons. The Hall–Kier alpha value is -2.62. The third-order valence-corrected chi connectivity index (χ3v) is 4.20. The van der Waals surface area contributed by atoms with E-state index in [9.17, 15) is 5.11 Å². The van der Waals surface area contributed by atoms with E-state index in [0.29, 0.717) is 5.95 Å². The van der Waals surface area contributed by atoms with Gasteiger partial charge in [0, 0.05) is 29.8 Å². The van der Waals surface area contributed by atoms with Gasteiger partial charge in [0.25, 0.3) is 0 Å². The summed E-state index contributed by atoms with van der Waals surface area (Å²) in [6.45, 7) is 5.09. The van der Waals surface area contributed by atoms with Gasteiger partial charge in [-0.1, -0.05) is 44.0 Å². The molecule has 0 amide bonds. The molecule has 0 bridgehead atoms. The number of phenolic OH excluding ortho intramolecular Hbond substituents is 1. The maximum Gasteiger partial charge on any atom is 0.223 e. The van der Waals surface area contributed by atoms with E-state index in [1.165, 1.54) is 12.8 Å². The molecule has 0 spiro atoms. The van der Waals surface area contributed by atoms with Crippen LogP contribution in [0.2, 0.25) is 0 Å². The van der Waals surface area contributed by atoms with Crippen molar-refractivity contribution in [1.29, 1.82) is 0 Å². The van der Waals surface area contributed by atoms with Crippen molar-refractivity contribution in [1.82, 2.24) is 9.97 Å². The minimum atomic E-state index is 0.243. The topological polar surface area (TPSA) is 58.0 Å². The van der Waals surface area contributed by atoms with Crippen molar-refractivity contribution in [2.24, 2.45) is 0 Å². The molecule has 0 aliphatic rings. The molecule has 124 valence electrons. The van der Waals surface area contributed by atoms with Crippen molar-refractivity contribution in [2.75, 3.05) is 11.9 Å². The number of unbranched alkanes of at least 4 members (excludes halogenated alkanes) is 2. The third kappa shape index (κ3) is 3.48. The molecule has 0 aliphatic heterocycles. The largest absolute Gasteiger partial charge is 0.507 e. The number of aromatic hydroxyl groups is 1. The van der Waals surface area contributed by atoms with Crippen LogP contribution in [0.1, 0.15) is 31.7 Å². The molecule has 0 aliphatic carbocycles. The Morgan fingerprint density at radius 2 is 1.92 bits per heavy atom. The summed E-state index contributed by atoms with van der Waals surface area (Å²) in [6.07, 6.45) is 5.30. The van der Waals surface area contributed by atoms with Gasteiger partial charge in [-0.25, -0.2) is 9.97 Å². The number of aromatic nitrogens is 2. The van der Waals surface area contributed by atoms with Gasteiger partial charge in [-0.3, -0.25) is 0 Å². The first-order valence-electron chi connectivity index (χ1n) is 8.48. The van der Waals surface area contributed by atoms with E-state index in [2.05, 4.69) is 22.2 Å². The van der Waals surface area contributed by atoms with E-state index in [-0.39, 0.29) is 5.75 Å². The summed E-state index contributed by atoms with van der Waals surface area (Å²) in [7, 11) is 0. The van der Waals surface area contributed by atoms with Crippen molar-refractivity contribution >= 4 is 16.9 Å². The molecular formula is C20H23N3O. The Morgan fingerprint density at radius 3 is 2.71 bits per heavy atom. The maximum atomic E-state index is 10.4. The van der Waals surface area contributed by atoms with Gasteiger partial charge in [-0.05, 0) is 30.5 Å². The number of aryl methyl sites for hydroxylation is 1. The molecule has 2 aromatic carbocycles. The predicted molar refractivity (Wildman–Crippen MR) is 99.4 cm³/mol. The first-order chi connectivity index (χ1) is 11.7. The minimum absolute atomic E-state index is 0.243. The molecule has 3 aromatic rings. The summed E-state index contributed by atoms with van der Waals surface area (Å²) in [4.78, 5) is 8.90. The lowest BCUT2D eigenvalue weighted by molar-refractivity contribution is 0.478. The highest BCUT2D eigenvalue weighted by Gasteiger charge is 2.10. The maximum absolute atomic E-state index is 10.4. The minimum Gasteiger partial charge on any atom is -0.507 e. The van der Waals surface area contributed by atoms with Crippen LogP contribution in [0.3, 0.4) is 0 Å². The second kappa shape index (κ2) is 7.30. The van der Waals surface area contributed by atoms with Crippen LogP contribution in [0.25, 0.3) is 22.0 Å². The van der Waals surface area contributed by atoms with Crippen molar-refractivity contribution in [3.05, 3.63) is 48.2 Å². The zero-order valence-electron chi connectivity index (χ0n) is 14.2. The molecule has 1 heterocycles. The fourth-order valence-corrected chi connectivity index (χ4v) is 2.82. The zero-order valence-corrected chi connectivity index (χ0v) is 14.2. The van der Waals surface area contributed by atoms with Gasteiger partial charge < -0.3 is 10.4 Å². The normalized spacial score (nSPS) is 10.9. The molecule has 3 rings (SSSR count). The van der Waals surface area contributed by atoms with E-state index in [0.717, 1.165) is 40.6 Å². The van der Waals surface area contributed by atoms with Gasteiger partial charge in [0.05, 0.1) is 5.52 Å². The first-order valence-corrected chi connectivity index (χ1v) is 8.48. The van der Waals surface area contributed by atoms with Crippen molar-refractivity contribution in [3.63, 3.8) is 0 Å². The fraction of sp³-hybridized carbons (Fsp3) is 0.300. The quantitative estimate of drug-likeness (QED) is 0.633. The molecule has 1 aromatic heterocycles.